The fourth-order valence-corrected chi connectivity index (χ4v) is 1.91. The Labute approximate surface area is 113 Å². The SMILES string of the molecule is Cc1cc(C2(O)CC2)ccc1NC(=O)OC(C)(C)C. The number of aryl methyl sites for hydroxylation is 1. The molecule has 4 heteroatoms. The number of benzene rings is 1. The quantitative estimate of drug-likeness (QED) is 0.860. The Morgan fingerprint density at radius 3 is 2.47 bits per heavy atom. The van der Waals surface area contributed by atoms with Gasteiger partial charge in [-0.15, -0.1) is 0 Å². The van der Waals surface area contributed by atoms with Gasteiger partial charge in [-0.3, -0.25) is 5.32 Å². The molecule has 0 heterocycles. The summed E-state index contributed by atoms with van der Waals surface area (Å²) in [5.41, 5.74) is 1.39. The molecule has 0 unspecified atom stereocenters. The third-order valence-electron chi connectivity index (χ3n) is 3.12. The molecule has 1 aromatic rings. The lowest BCUT2D eigenvalue weighted by molar-refractivity contribution is 0.0636. The molecule has 1 fully saturated rings. The molecule has 0 bridgehead atoms. The number of carbonyl (C=O) groups is 1. The van der Waals surface area contributed by atoms with E-state index in [2.05, 4.69) is 5.32 Å². The lowest BCUT2D eigenvalue weighted by Gasteiger charge is -2.20. The summed E-state index contributed by atoms with van der Waals surface area (Å²) in [7, 11) is 0. The van der Waals surface area contributed by atoms with Crippen LogP contribution in [0.15, 0.2) is 18.2 Å². The third kappa shape index (κ3) is 3.47. The average Bonchev–Trinajstić information content (AvgIpc) is 2.98. The number of ether oxygens (including phenoxy) is 1. The number of hydrogen-bond donors (Lipinski definition) is 2. The minimum Gasteiger partial charge on any atom is -0.444 e. The lowest BCUT2D eigenvalue weighted by Crippen LogP contribution is -2.27. The van der Waals surface area contributed by atoms with E-state index in [4.69, 9.17) is 4.74 Å². The van der Waals surface area contributed by atoms with Gasteiger partial charge in [0.05, 0.1) is 5.60 Å². The summed E-state index contributed by atoms with van der Waals surface area (Å²) in [6, 6.07) is 5.58. The van der Waals surface area contributed by atoms with Gasteiger partial charge in [0.2, 0.25) is 0 Å². The van der Waals surface area contributed by atoms with Gasteiger partial charge in [0.15, 0.2) is 0 Å². The first kappa shape index (κ1) is 13.9. The van der Waals surface area contributed by atoms with Gasteiger partial charge in [-0.2, -0.15) is 0 Å². The van der Waals surface area contributed by atoms with Crippen molar-refractivity contribution in [2.45, 2.75) is 51.7 Å². The molecular weight excluding hydrogens is 242 g/mol. The monoisotopic (exact) mass is 263 g/mol. The molecule has 1 aliphatic carbocycles. The van der Waals surface area contributed by atoms with E-state index in [9.17, 15) is 9.90 Å². The van der Waals surface area contributed by atoms with E-state index in [1.54, 1.807) is 0 Å². The molecular formula is C15H21NO3. The fraction of sp³-hybridized carbons (Fsp3) is 0.533. The summed E-state index contributed by atoms with van der Waals surface area (Å²) < 4.78 is 5.21. The molecule has 0 atom stereocenters. The van der Waals surface area contributed by atoms with Crippen molar-refractivity contribution in [2.75, 3.05) is 5.32 Å². The van der Waals surface area contributed by atoms with E-state index < -0.39 is 17.3 Å². The van der Waals surface area contributed by atoms with Gasteiger partial charge in [0.25, 0.3) is 0 Å². The zero-order chi connectivity index (χ0) is 14.3. The molecule has 1 aromatic carbocycles. The summed E-state index contributed by atoms with van der Waals surface area (Å²) in [6.45, 7) is 7.38. The molecule has 0 aliphatic heterocycles. The van der Waals surface area contributed by atoms with Crippen molar-refractivity contribution in [1.29, 1.82) is 0 Å². The number of nitrogens with one attached hydrogen (secondary N) is 1. The van der Waals surface area contributed by atoms with Crippen LogP contribution < -0.4 is 5.32 Å². The molecule has 4 nitrogen and oxygen atoms in total. The second-order valence-electron chi connectivity index (χ2n) is 6.19. The van der Waals surface area contributed by atoms with Crippen LogP contribution in [0.3, 0.4) is 0 Å². The van der Waals surface area contributed by atoms with Gasteiger partial charge in [-0.05, 0) is 57.7 Å². The predicted molar refractivity (Wildman–Crippen MR) is 74.2 cm³/mol. The van der Waals surface area contributed by atoms with Crippen molar-refractivity contribution < 1.29 is 14.6 Å². The molecule has 0 spiro atoms. The van der Waals surface area contributed by atoms with Gasteiger partial charge in [-0.25, -0.2) is 4.79 Å². The van der Waals surface area contributed by atoms with Crippen LogP contribution in [0.1, 0.15) is 44.7 Å². The molecule has 2 N–H and O–H groups in total. The molecule has 2 rings (SSSR count). The van der Waals surface area contributed by atoms with E-state index in [-0.39, 0.29) is 0 Å². The maximum Gasteiger partial charge on any atom is 0.412 e. The van der Waals surface area contributed by atoms with E-state index in [1.807, 2.05) is 45.9 Å². The first-order chi connectivity index (χ1) is 8.70. The van der Waals surface area contributed by atoms with E-state index in [0.29, 0.717) is 5.69 Å². The second kappa shape index (κ2) is 4.53. The van der Waals surface area contributed by atoms with Crippen LogP contribution in [-0.2, 0) is 10.3 Å². The van der Waals surface area contributed by atoms with Crippen molar-refractivity contribution >= 4 is 11.8 Å². The molecule has 0 aromatic heterocycles. The molecule has 1 aliphatic rings. The van der Waals surface area contributed by atoms with Gasteiger partial charge < -0.3 is 9.84 Å². The summed E-state index contributed by atoms with van der Waals surface area (Å²) in [4.78, 5) is 11.7. The molecule has 19 heavy (non-hydrogen) atoms. The Morgan fingerprint density at radius 2 is 2.00 bits per heavy atom. The molecule has 1 amide bonds. The Bertz CT molecular complexity index is 499. The Balaban J connectivity index is 2.07. The molecule has 104 valence electrons. The Kier molecular flexibility index (Phi) is 3.31. The highest BCUT2D eigenvalue weighted by atomic mass is 16.6. The van der Waals surface area contributed by atoms with E-state index in [1.165, 1.54) is 0 Å². The number of carbonyl (C=O) groups excluding carboxylic acids is 1. The normalized spacial score (nSPS) is 16.9. The summed E-state index contributed by atoms with van der Waals surface area (Å²) in [6.07, 6.45) is 1.16. The Hall–Kier alpha value is -1.55. The topological polar surface area (TPSA) is 58.6 Å². The van der Waals surface area contributed by atoms with E-state index >= 15 is 0 Å². The summed E-state index contributed by atoms with van der Waals surface area (Å²) >= 11 is 0. The smallest absolute Gasteiger partial charge is 0.412 e. The number of anilines is 1. The van der Waals surface area contributed by atoms with Crippen LogP contribution in [0.2, 0.25) is 0 Å². The fourth-order valence-electron chi connectivity index (χ4n) is 1.91. The van der Waals surface area contributed by atoms with Crippen LogP contribution in [0.25, 0.3) is 0 Å². The molecule has 0 radical (unpaired) electrons. The maximum atomic E-state index is 11.7. The van der Waals surface area contributed by atoms with Crippen LogP contribution in [0.4, 0.5) is 10.5 Å². The van der Waals surface area contributed by atoms with Crippen LogP contribution in [0.5, 0.6) is 0 Å². The van der Waals surface area contributed by atoms with E-state index in [0.717, 1.165) is 24.0 Å². The van der Waals surface area contributed by atoms with Gasteiger partial charge in [-0.1, -0.05) is 12.1 Å². The van der Waals surface area contributed by atoms with Gasteiger partial charge in [0.1, 0.15) is 5.60 Å². The predicted octanol–water partition coefficient (Wildman–Crippen LogP) is 3.32. The second-order valence-corrected chi connectivity index (χ2v) is 6.19. The zero-order valence-electron chi connectivity index (χ0n) is 11.9. The third-order valence-corrected chi connectivity index (χ3v) is 3.12. The number of rotatable bonds is 2. The van der Waals surface area contributed by atoms with Crippen molar-refractivity contribution in [3.63, 3.8) is 0 Å². The highest BCUT2D eigenvalue weighted by Gasteiger charge is 2.42. The first-order valence-electron chi connectivity index (χ1n) is 6.53. The van der Waals surface area contributed by atoms with Gasteiger partial charge in [0, 0.05) is 5.69 Å². The first-order valence-corrected chi connectivity index (χ1v) is 6.53. The van der Waals surface area contributed by atoms with Crippen LogP contribution in [-0.4, -0.2) is 16.8 Å². The Morgan fingerprint density at radius 1 is 1.37 bits per heavy atom. The number of amides is 1. The van der Waals surface area contributed by atoms with Crippen molar-refractivity contribution in [3.8, 4) is 0 Å². The summed E-state index contributed by atoms with van der Waals surface area (Å²) in [5.74, 6) is 0. The average molecular weight is 263 g/mol. The summed E-state index contributed by atoms with van der Waals surface area (Å²) in [5, 5.41) is 12.8. The highest BCUT2D eigenvalue weighted by molar-refractivity contribution is 5.86. The van der Waals surface area contributed by atoms with Crippen LogP contribution in [0, 0.1) is 6.92 Å². The van der Waals surface area contributed by atoms with Crippen LogP contribution >= 0.6 is 0 Å². The number of hydrogen-bond acceptors (Lipinski definition) is 3. The molecule has 0 saturated heterocycles. The van der Waals surface area contributed by atoms with Crippen molar-refractivity contribution in [3.05, 3.63) is 29.3 Å². The maximum absolute atomic E-state index is 11.7. The van der Waals surface area contributed by atoms with Gasteiger partial charge >= 0.3 is 6.09 Å². The van der Waals surface area contributed by atoms with Crippen molar-refractivity contribution in [1.82, 2.24) is 0 Å². The lowest BCUT2D eigenvalue weighted by atomic mass is 10.0. The molecule has 1 saturated carbocycles. The standard InChI is InChI=1S/C15H21NO3/c1-10-9-11(15(18)7-8-15)5-6-12(10)16-13(17)19-14(2,3)4/h5-6,9,18H,7-8H2,1-4H3,(H,16,17). The number of aliphatic hydroxyl groups is 1. The largest absolute Gasteiger partial charge is 0.444 e. The highest BCUT2D eigenvalue weighted by Crippen LogP contribution is 2.45. The minimum atomic E-state index is -0.644. The minimum absolute atomic E-state index is 0.464. The van der Waals surface area contributed by atoms with Crippen molar-refractivity contribution in [2.24, 2.45) is 0 Å². The zero-order valence-corrected chi connectivity index (χ0v) is 11.9.